The lowest BCUT2D eigenvalue weighted by Crippen LogP contribution is -2.33. The number of aryl methyl sites for hydroxylation is 1. The molecule has 1 aliphatic rings. The van der Waals surface area contributed by atoms with Crippen LogP contribution in [0.2, 0.25) is 0 Å². The maximum absolute atomic E-state index is 12.8. The number of amides is 1. The molecule has 1 amide bonds. The van der Waals surface area contributed by atoms with Crippen LogP contribution in [-0.4, -0.2) is 53.4 Å². The number of hydrogen-bond acceptors (Lipinski definition) is 6. The van der Waals surface area contributed by atoms with E-state index in [1.54, 1.807) is 30.2 Å². The Morgan fingerprint density at radius 1 is 1.03 bits per heavy atom. The van der Waals surface area contributed by atoms with Crippen LogP contribution >= 0.6 is 0 Å². The lowest BCUT2D eigenvalue weighted by atomic mass is 9.97. The standard InChI is InChI=1S/C30H36N2O5/c1-20-9-3-5-14-27(20)37-29-15-6-4-12-23(29)28(36-2)16-8-13-25(33)21-10-7-11-22(17-21)30(35)32-18-24(31)26(34)19-32/h3-7,9-12,14-15,17,24-26,28,33-34H,8,13,16,18-19,31H2,1-2H3/t24-,25?,26+,28?/m1/s1. The van der Waals surface area contributed by atoms with E-state index in [4.69, 9.17) is 15.2 Å². The highest BCUT2D eigenvalue weighted by Gasteiger charge is 2.32. The largest absolute Gasteiger partial charge is 0.457 e. The number of nitrogens with zero attached hydrogens (tertiary/aromatic N) is 1. The summed E-state index contributed by atoms with van der Waals surface area (Å²) >= 11 is 0. The second-order valence-corrected chi connectivity index (χ2v) is 9.64. The number of β-amino-alcohol motifs (C(OH)–C–C–N with tert-alkyl or cyclic N) is 1. The van der Waals surface area contributed by atoms with E-state index in [1.807, 2.05) is 61.5 Å². The first-order valence-electron chi connectivity index (χ1n) is 12.7. The Hall–Kier alpha value is -3.23. The van der Waals surface area contributed by atoms with E-state index in [0.29, 0.717) is 36.9 Å². The maximum Gasteiger partial charge on any atom is 0.254 e. The van der Waals surface area contributed by atoms with Crippen LogP contribution in [0.5, 0.6) is 11.5 Å². The van der Waals surface area contributed by atoms with Gasteiger partial charge in [-0.15, -0.1) is 0 Å². The average Bonchev–Trinajstić information content (AvgIpc) is 3.25. The average molecular weight is 505 g/mol. The molecule has 4 atom stereocenters. The van der Waals surface area contributed by atoms with Crippen LogP contribution in [0.25, 0.3) is 0 Å². The van der Waals surface area contributed by atoms with Gasteiger partial charge in [-0.25, -0.2) is 0 Å². The minimum atomic E-state index is -0.713. The van der Waals surface area contributed by atoms with Crippen molar-refractivity contribution >= 4 is 5.91 Å². The highest BCUT2D eigenvalue weighted by atomic mass is 16.5. The molecule has 4 N–H and O–H groups in total. The molecular formula is C30H36N2O5. The quantitative estimate of drug-likeness (QED) is 0.375. The summed E-state index contributed by atoms with van der Waals surface area (Å²) in [5.41, 5.74) is 9.03. The van der Waals surface area contributed by atoms with E-state index >= 15 is 0 Å². The summed E-state index contributed by atoms with van der Waals surface area (Å²) in [4.78, 5) is 14.4. The van der Waals surface area contributed by atoms with Crippen molar-refractivity contribution in [3.63, 3.8) is 0 Å². The molecule has 1 saturated heterocycles. The fraction of sp³-hybridized carbons (Fsp3) is 0.367. The first-order chi connectivity index (χ1) is 17.9. The van der Waals surface area contributed by atoms with Crippen LogP contribution in [0.1, 0.15) is 58.5 Å². The third kappa shape index (κ3) is 6.56. The maximum atomic E-state index is 12.8. The molecule has 4 rings (SSSR count). The monoisotopic (exact) mass is 504 g/mol. The van der Waals surface area contributed by atoms with Crippen molar-refractivity contribution in [2.24, 2.45) is 5.73 Å². The number of aliphatic hydroxyl groups is 2. The van der Waals surface area contributed by atoms with E-state index in [9.17, 15) is 15.0 Å². The SMILES string of the molecule is COC(CCCC(O)c1cccc(C(=O)N2C[C@@H](N)[C@@H](O)C2)c1)c1ccccc1Oc1ccccc1C. The van der Waals surface area contributed by atoms with Gasteiger partial charge >= 0.3 is 0 Å². The Kier molecular flexibility index (Phi) is 8.95. The minimum absolute atomic E-state index is 0.189. The van der Waals surface area contributed by atoms with Crippen molar-refractivity contribution in [1.29, 1.82) is 0 Å². The molecule has 1 fully saturated rings. The van der Waals surface area contributed by atoms with Crippen molar-refractivity contribution in [3.05, 3.63) is 95.1 Å². The van der Waals surface area contributed by atoms with E-state index in [1.165, 1.54) is 0 Å². The van der Waals surface area contributed by atoms with Gasteiger partial charge in [0.05, 0.1) is 18.3 Å². The molecule has 1 heterocycles. The predicted molar refractivity (Wildman–Crippen MR) is 143 cm³/mol. The molecular weight excluding hydrogens is 468 g/mol. The van der Waals surface area contributed by atoms with Gasteiger partial charge < -0.3 is 30.3 Å². The van der Waals surface area contributed by atoms with E-state index in [-0.39, 0.29) is 18.6 Å². The fourth-order valence-corrected chi connectivity index (χ4v) is 4.73. The number of carbonyl (C=O) groups excluding carboxylic acids is 1. The van der Waals surface area contributed by atoms with Gasteiger partial charge in [-0.1, -0.05) is 48.5 Å². The van der Waals surface area contributed by atoms with Crippen molar-refractivity contribution in [1.82, 2.24) is 4.90 Å². The lowest BCUT2D eigenvalue weighted by Gasteiger charge is -2.21. The van der Waals surface area contributed by atoms with Crippen molar-refractivity contribution in [3.8, 4) is 11.5 Å². The van der Waals surface area contributed by atoms with Gasteiger partial charge in [0.25, 0.3) is 5.91 Å². The third-order valence-electron chi connectivity index (χ3n) is 6.95. The molecule has 3 aromatic carbocycles. The Balaban J connectivity index is 1.37. The van der Waals surface area contributed by atoms with Crippen LogP contribution in [0.15, 0.2) is 72.8 Å². The van der Waals surface area contributed by atoms with Crippen molar-refractivity contribution in [2.75, 3.05) is 20.2 Å². The molecule has 7 heteroatoms. The summed E-state index contributed by atoms with van der Waals surface area (Å²) in [5.74, 6) is 1.37. The zero-order chi connectivity index (χ0) is 26.4. The number of nitrogens with two attached hydrogens (primary N) is 1. The first-order valence-corrected chi connectivity index (χ1v) is 12.7. The summed E-state index contributed by atoms with van der Waals surface area (Å²) in [6.45, 7) is 2.56. The topological polar surface area (TPSA) is 105 Å². The molecule has 7 nitrogen and oxygen atoms in total. The molecule has 0 saturated carbocycles. The fourth-order valence-electron chi connectivity index (χ4n) is 4.73. The van der Waals surface area contributed by atoms with E-state index in [2.05, 4.69) is 0 Å². The molecule has 196 valence electrons. The molecule has 3 aromatic rings. The van der Waals surface area contributed by atoms with Crippen LogP contribution in [0, 0.1) is 6.92 Å². The Bertz CT molecular complexity index is 1190. The molecule has 0 aliphatic carbocycles. The summed E-state index contributed by atoms with van der Waals surface area (Å²) in [5, 5.41) is 20.7. The van der Waals surface area contributed by atoms with Gasteiger partial charge in [-0.2, -0.15) is 0 Å². The van der Waals surface area contributed by atoms with E-state index in [0.717, 1.165) is 22.6 Å². The normalized spacial score (nSPS) is 19.0. The zero-order valence-corrected chi connectivity index (χ0v) is 21.4. The number of rotatable bonds is 10. The number of ether oxygens (including phenoxy) is 2. The zero-order valence-electron chi connectivity index (χ0n) is 21.4. The number of aliphatic hydroxyl groups excluding tert-OH is 2. The van der Waals surface area contributed by atoms with Gasteiger partial charge in [0, 0.05) is 37.4 Å². The van der Waals surface area contributed by atoms with Gasteiger partial charge in [0.2, 0.25) is 0 Å². The summed E-state index contributed by atoms with van der Waals surface area (Å²) < 4.78 is 12.0. The Morgan fingerprint density at radius 3 is 2.46 bits per heavy atom. The molecule has 0 radical (unpaired) electrons. The lowest BCUT2D eigenvalue weighted by molar-refractivity contribution is 0.0764. The number of benzene rings is 3. The van der Waals surface area contributed by atoms with Gasteiger partial charge in [-0.05, 0) is 61.6 Å². The summed E-state index contributed by atoms with van der Waals surface area (Å²) in [7, 11) is 1.68. The summed E-state index contributed by atoms with van der Waals surface area (Å²) in [6, 6.07) is 22.4. The van der Waals surface area contributed by atoms with Crippen LogP contribution < -0.4 is 10.5 Å². The van der Waals surface area contributed by atoms with Crippen LogP contribution in [-0.2, 0) is 4.74 Å². The minimum Gasteiger partial charge on any atom is -0.457 e. The number of likely N-dealkylation sites (tertiary alicyclic amines) is 1. The molecule has 0 bridgehead atoms. The molecule has 1 aliphatic heterocycles. The second-order valence-electron chi connectivity index (χ2n) is 9.64. The van der Waals surface area contributed by atoms with Gasteiger partial charge in [0.1, 0.15) is 11.5 Å². The molecule has 2 unspecified atom stereocenters. The third-order valence-corrected chi connectivity index (χ3v) is 6.95. The number of methoxy groups -OCH3 is 1. The van der Waals surface area contributed by atoms with Crippen molar-refractivity contribution in [2.45, 2.75) is 50.5 Å². The van der Waals surface area contributed by atoms with E-state index < -0.39 is 18.2 Å². The summed E-state index contributed by atoms with van der Waals surface area (Å²) in [6.07, 6.45) is 0.319. The second kappa shape index (κ2) is 12.3. The molecule has 0 spiro atoms. The predicted octanol–water partition coefficient (Wildman–Crippen LogP) is 4.52. The van der Waals surface area contributed by atoms with Crippen LogP contribution in [0.3, 0.4) is 0 Å². The Morgan fingerprint density at radius 2 is 1.76 bits per heavy atom. The van der Waals surface area contributed by atoms with Gasteiger partial charge in [-0.3, -0.25) is 4.79 Å². The molecule has 37 heavy (non-hydrogen) atoms. The van der Waals surface area contributed by atoms with Crippen LogP contribution in [0.4, 0.5) is 0 Å². The number of para-hydroxylation sites is 2. The Labute approximate surface area is 218 Å². The number of carbonyl (C=O) groups is 1. The highest BCUT2D eigenvalue weighted by molar-refractivity contribution is 5.94. The smallest absolute Gasteiger partial charge is 0.254 e. The number of hydrogen-bond donors (Lipinski definition) is 3. The van der Waals surface area contributed by atoms with Gasteiger partial charge in [0.15, 0.2) is 0 Å². The highest BCUT2D eigenvalue weighted by Crippen LogP contribution is 2.35. The molecule has 0 aromatic heterocycles. The van der Waals surface area contributed by atoms with Crippen molar-refractivity contribution < 1.29 is 24.5 Å². The first kappa shape index (κ1) is 26.8.